The Kier molecular flexibility index (Phi) is 7.07. The van der Waals surface area contributed by atoms with Crippen LogP contribution in [0.15, 0.2) is 0 Å². The molecule has 0 radical (unpaired) electrons. The van der Waals surface area contributed by atoms with Gasteiger partial charge in [-0.25, -0.2) is 9.59 Å². The Hall–Kier alpha value is -1.99. The van der Waals surface area contributed by atoms with E-state index in [1.54, 1.807) is 41.5 Å². The second kappa shape index (κ2) is 8.40. The molecule has 0 saturated carbocycles. The Morgan fingerprint density at radius 2 is 1.52 bits per heavy atom. The van der Waals surface area contributed by atoms with Crippen molar-refractivity contribution < 1.29 is 23.9 Å². The summed E-state index contributed by atoms with van der Waals surface area (Å²) >= 11 is 0. The largest absolute Gasteiger partial charge is 0.444 e. The predicted octanol–water partition coefficient (Wildman–Crippen LogP) is 2.03. The van der Waals surface area contributed by atoms with Crippen LogP contribution in [0, 0.1) is 0 Å². The van der Waals surface area contributed by atoms with Crippen molar-refractivity contribution in [3.63, 3.8) is 0 Å². The number of hydrogen-bond acceptors (Lipinski definition) is 5. The maximum absolute atomic E-state index is 12.3. The lowest BCUT2D eigenvalue weighted by Gasteiger charge is -2.28. The number of nitrogens with zero attached hydrogens (tertiary/aromatic N) is 1. The normalized spacial score (nSPS) is 17.8. The summed E-state index contributed by atoms with van der Waals surface area (Å²) in [5, 5.41) is 5.30. The molecule has 0 unspecified atom stereocenters. The van der Waals surface area contributed by atoms with Crippen LogP contribution in [0.1, 0.15) is 54.4 Å². The molecule has 3 amide bonds. The Balaban J connectivity index is 2.38. The van der Waals surface area contributed by atoms with E-state index < -0.39 is 29.4 Å². The fourth-order valence-corrected chi connectivity index (χ4v) is 2.36. The molecule has 144 valence electrons. The number of carbonyl (C=O) groups is 3. The van der Waals surface area contributed by atoms with E-state index in [9.17, 15) is 14.4 Å². The van der Waals surface area contributed by atoms with E-state index >= 15 is 0 Å². The third-order valence-electron chi connectivity index (χ3n) is 3.28. The van der Waals surface area contributed by atoms with E-state index in [0.29, 0.717) is 13.0 Å². The van der Waals surface area contributed by atoms with Crippen LogP contribution in [0.25, 0.3) is 0 Å². The van der Waals surface area contributed by atoms with Crippen LogP contribution >= 0.6 is 0 Å². The maximum Gasteiger partial charge on any atom is 0.410 e. The van der Waals surface area contributed by atoms with Gasteiger partial charge in [0.1, 0.15) is 17.2 Å². The highest BCUT2D eigenvalue weighted by Gasteiger charge is 2.36. The Morgan fingerprint density at radius 1 is 0.960 bits per heavy atom. The molecule has 0 bridgehead atoms. The molecule has 1 rings (SSSR count). The molecular weight excluding hydrogens is 326 g/mol. The smallest absolute Gasteiger partial charge is 0.410 e. The first kappa shape index (κ1) is 21.1. The summed E-state index contributed by atoms with van der Waals surface area (Å²) in [6.45, 7) is 11.7. The molecule has 1 fully saturated rings. The molecule has 0 aliphatic carbocycles. The van der Waals surface area contributed by atoms with Crippen LogP contribution in [-0.2, 0) is 14.3 Å². The molecule has 1 atom stereocenters. The second-order valence-electron chi connectivity index (χ2n) is 8.05. The summed E-state index contributed by atoms with van der Waals surface area (Å²) in [7, 11) is 0. The van der Waals surface area contributed by atoms with Crippen LogP contribution in [-0.4, -0.2) is 59.9 Å². The SMILES string of the molecule is CC(C)(C)OC(=O)NCCNC(=O)[C@@H]1CCCN1C(=O)OC(C)(C)C. The van der Waals surface area contributed by atoms with Gasteiger partial charge >= 0.3 is 12.2 Å². The molecule has 1 aliphatic heterocycles. The molecule has 1 saturated heterocycles. The van der Waals surface area contributed by atoms with E-state index in [1.807, 2.05) is 0 Å². The highest BCUT2D eigenvalue weighted by molar-refractivity contribution is 5.86. The molecule has 0 aromatic rings. The van der Waals surface area contributed by atoms with Gasteiger partial charge in [0.15, 0.2) is 0 Å². The third kappa shape index (κ3) is 8.09. The Labute approximate surface area is 149 Å². The highest BCUT2D eigenvalue weighted by Crippen LogP contribution is 2.20. The number of nitrogens with one attached hydrogen (secondary N) is 2. The standard InChI is InChI=1S/C17H31N3O5/c1-16(2,3)24-14(22)19-10-9-18-13(21)12-8-7-11-20(12)15(23)25-17(4,5)6/h12H,7-11H2,1-6H3,(H,18,21)(H,19,22)/t12-/m0/s1. The topological polar surface area (TPSA) is 97.0 Å². The van der Waals surface area contributed by atoms with Gasteiger partial charge in [-0.15, -0.1) is 0 Å². The molecular formula is C17H31N3O5. The van der Waals surface area contributed by atoms with Gasteiger partial charge in [-0.1, -0.05) is 0 Å². The van der Waals surface area contributed by atoms with Gasteiger partial charge in [-0.05, 0) is 54.4 Å². The van der Waals surface area contributed by atoms with Crippen molar-refractivity contribution in [2.75, 3.05) is 19.6 Å². The molecule has 8 nitrogen and oxygen atoms in total. The van der Waals surface area contributed by atoms with E-state index in [2.05, 4.69) is 10.6 Å². The van der Waals surface area contributed by atoms with Crippen LogP contribution in [0.5, 0.6) is 0 Å². The summed E-state index contributed by atoms with van der Waals surface area (Å²) in [5.41, 5.74) is -1.16. The second-order valence-corrected chi connectivity index (χ2v) is 8.05. The van der Waals surface area contributed by atoms with Gasteiger partial charge in [-0.3, -0.25) is 9.69 Å². The minimum absolute atomic E-state index is 0.241. The molecule has 0 aromatic carbocycles. The fraction of sp³-hybridized carbons (Fsp3) is 0.824. The highest BCUT2D eigenvalue weighted by atomic mass is 16.6. The van der Waals surface area contributed by atoms with Crippen molar-refractivity contribution >= 4 is 18.1 Å². The van der Waals surface area contributed by atoms with Crippen LogP contribution in [0.4, 0.5) is 9.59 Å². The van der Waals surface area contributed by atoms with Gasteiger partial charge in [0.05, 0.1) is 0 Å². The molecule has 2 N–H and O–H groups in total. The van der Waals surface area contributed by atoms with Crippen molar-refractivity contribution in [3.05, 3.63) is 0 Å². The summed E-state index contributed by atoms with van der Waals surface area (Å²) < 4.78 is 10.4. The van der Waals surface area contributed by atoms with Gasteiger partial charge in [0, 0.05) is 19.6 Å². The van der Waals surface area contributed by atoms with E-state index in [4.69, 9.17) is 9.47 Å². The first-order valence-corrected chi connectivity index (χ1v) is 8.63. The van der Waals surface area contributed by atoms with Crippen LogP contribution < -0.4 is 10.6 Å². The Bertz CT molecular complexity index is 493. The number of alkyl carbamates (subject to hydrolysis) is 1. The van der Waals surface area contributed by atoms with E-state index in [-0.39, 0.29) is 19.0 Å². The van der Waals surface area contributed by atoms with Gasteiger partial charge in [0.25, 0.3) is 0 Å². The minimum Gasteiger partial charge on any atom is -0.444 e. The van der Waals surface area contributed by atoms with Gasteiger partial charge < -0.3 is 20.1 Å². The lowest BCUT2D eigenvalue weighted by molar-refractivity contribution is -0.125. The average molecular weight is 357 g/mol. The van der Waals surface area contributed by atoms with Crippen molar-refractivity contribution in [2.24, 2.45) is 0 Å². The molecule has 0 spiro atoms. The van der Waals surface area contributed by atoms with Crippen molar-refractivity contribution in [2.45, 2.75) is 71.6 Å². The number of ether oxygens (including phenoxy) is 2. The molecule has 1 aliphatic rings. The predicted molar refractivity (Wildman–Crippen MR) is 93.2 cm³/mol. The quantitative estimate of drug-likeness (QED) is 0.750. The fourth-order valence-electron chi connectivity index (χ4n) is 2.36. The number of rotatable bonds is 4. The van der Waals surface area contributed by atoms with Gasteiger partial charge in [-0.2, -0.15) is 0 Å². The number of hydrogen-bond donors (Lipinski definition) is 2. The van der Waals surface area contributed by atoms with Gasteiger partial charge in [0.2, 0.25) is 5.91 Å². The maximum atomic E-state index is 12.3. The molecule has 0 aromatic heterocycles. The monoisotopic (exact) mass is 357 g/mol. The summed E-state index contributed by atoms with van der Waals surface area (Å²) in [5.74, 6) is -0.241. The average Bonchev–Trinajstić information content (AvgIpc) is 2.89. The number of amides is 3. The van der Waals surface area contributed by atoms with E-state index in [1.165, 1.54) is 4.90 Å². The lowest BCUT2D eigenvalue weighted by Crippen LogP contribution is -2.48. The van der Waals surface area contributed by atoms with Crippen LogP contribution in [0.3, 0.4) is 0 Å². The van der Waals surface area contributed by atoms with Crippen molar-refractivity contribution in [1.29, 1.82) is 0 Å². The Morgan fingerprint density at radius 3 is 2.08 bits per heavy atom. The molecule has 1 heterocycles. The number of carbonyl (C=O) groups excluding carboxylic acids is 3. The summed E-state index contributed by atoms with van der Waals surface area (Å²) in [6.07, 6.45) is 0.355. The zero-order chi connectivity index (χ0) is 19.3. The number of likely N-dealkylation sites (tertiary alicyclic amines) is 1. The third-order valence-corrected chi connectivity index (χ3v) is 3.28. The molecule has 8 heteroatoms. The first-order valence-electron chi connectivity index (χ1n) is 8.63. The van der Waals surface area contributed by atoms with E-state index in [0.717, 1.165) is 6.42 Å². The van der Waals surface area contributed by atoms with Crippen LogP contribution in [0.2, 0.25) is 0 Å². The minimum atomic E-state index is -0.599. The summed E-state index contributed by atoms with van der Waals surface area (Å²) in [6, 6.07) is -0.531. The summed E-state index contributed by atoms with van der Waals surface area (Å²) in [4.78, 5) is 37.5. The molecule has 25 heavy (non-hydrogen) atoms. The van der Waals surface area contributed by atoms with Crippen molar-refractivity contribution in [1.82, 2.24) is 15.5 Å². The van der Waals surface area contributed by atoms with Crippen molar-refractivity contribution in [3.8, 4) is 0 Å². The zero-order valence-electron chi connectivity index (χ0n) is 16.1. The lowest BCUT2D eigenvalue weighted by atomic mass is 10.2. The zero-order valence-corrected chi connectivity index (χ0v) is 16.1. The first-order chi connectivity index (χ1) is 11.4.